The van der Waals surface area contributed by atoms with Gasteiger partial charge in [0.1, 0.15) is 18.3 Å². The molecule has 0 aliphatic carbocycles. The lowest BCUT2D eigenvalue weighted by molar-refractivity contribution is -0.0610. The van der Waals surface area contributed by atoms with Crippen molar-refractivity contribution in [2.75, 3.05) is 6.61 Å². The van der Waals surface area contributed by atoms with Gasteiger partial charge < -0.3 is 25.2 Å². The van der Waals surface area contributed by atoms with Crippen LogP contribution in [0.1, 0.15) is 6.23 Å². The zero-order valence-corrected chi connectivity index (χ0v) is 9.73. The molecule has 4 N–H and O–H groups in total. The molecule has 0 spiro atoms. The molecule has 8 nitrogen and oxygen atoms in total. The minimum atomic E-state index is -1.44. The molecule has 0 saturated carbocycles. The number of rotatable bonds is 2. The standard InChI is InChI=1S/C9H11ClN2O6/c10-8-3(14)1-5(15)12(11-8)9-7(17)6(16)4(2-13)18-9/h1,4,6-7,9,13-14,16-17H,2H2/t4-,6-,7-,9-/m1/s1. The van der Waals surface area contributed by atoms with E-state index in [-0.39, 0.29) is 5.15 Å². The molecule has 0 unspecified atom stereocenters. The second-order valence-corrected chi connectivity index (χ2v) is 4.19. The molecule has 1 aromatic rings. The highest BCUT2D eigenvalue weighted by molar-refractivity contribution is 6.30. The largest absolute Gasteiger partial charge is 0.505 e. The highest BCUT2D eigenvalue weighted by Crippen LogP contribution is 2.28. The molecule has 1 aliphatic heterocycles. The van der Waals surface area contributed by atoms with Crippen LogP contribution in [-0.2, 0) is 4.74 Å². The fourth-order valence-corrected chi connectivity index (χ4v) is 1.84. The fraction of sp³-hybridized carbons (Fsp3) is 0.556. The Hall–Kier alpha value is -1.19. The van der Waals surface area contributed by atoms with Gasteiger partial charge in [-0.3, -0.25) is 4.79 Å². The number of hydrogen-bond acceptors (Lipinski definition) is 7. The van der Waals surface area contributed by atoms with E-state index < -0.39 is 42.5 Å². The van der Waals surface area contributed by atoms with Crippen molar-refractivity contribution in [3.63, 3.8) is 0 Å². The quantitative estimate of drug-likeness (QED) is 0.504. The first-order valence-electron chi connectivity index (χ1n) is 5.06. The summed E-state index contributed by atoms with van der Waals surface area (Å²) in [7, 11) is 0. The van der Waals surface area contributed by atoms with Crippen molar-refractivity contribution in [3.05, 3.63) is 21.6 Å². The summed E-state index contributed by atoms with van der Waals surface area (Å²) in [6.45, 7) is -0.519. The topological polar surface area (TPSA) is 125 Å². The van der Waals surface area contributed by atoms with Crippen LogP contribution in [-0.4, -0.2) is 55.1 Å². The van der Waals surface area contributed by atoms with Crippen molar-refractivity contribution in [1.29, 1.82) is 0 Å². The van der Waals surface area contributed by atoms with Gasteiger partial charge >= 0.3 is 0 Å². The third-order valence-electron chi connectivity index (χ3n) is 2.65. The van der Waals surface area contributed by atoms with E-state index in [1.807, 2.05) is 0 Å². The van der Waals surface area contributed by atoms with Gasteiger partial charge in [-0.15, -0.1) is 0 Å². The number of aromatic hydroxyl groups is 1. The summed E-state index contributed by atoms with van der Waals surface area (Å²) in [6.07, 6.45) is -5.08. The zero-order valence-electron chi connectivity index (χ0n) is 8.97. The molecular formula is C9H11ClN2O6. The molecule has 1 aliphatic rings. The second-order valence-electron chi connectivity index (χ2n) is 3.83. The number of aromatic nitrogens is 2. The van der Waals surface area contributed by atoms with E-state index in [1.54, 1.807) is 0 Å². The van der Waals surface area contributed by atoms with E-state index in [1.165, 1.54) is 0 Å². The summed E-state index contributed by atoms with van der Waals surface area (Å²) in [5.41, 5.74) is -0.758. The number of nitrogens with zero attached hydrogens (tertiary/aromatic N) is 2. The highest BCUT2D eigenvalue weighted by atomic mass is 35.5. The Morgan fingerprint density at radius 1 is 1.44 bits per heavy atom. The van der Waals surface area contributed by atoms with Crippen LogP contribution in [0.5, 0.6) is 5.75 Å². The minimum absolute atomic E-state index is 0.340. The lowest BCUT2D eigenvalue weighted by atomic mass is 10.1. The van der Waals surface area contributed by atoms with Gasteiger partial charge in [-0.2, -0.15) is 9.78 Å². The van der Waals surface area contributed by atoms with Crippen molar-refractivity contribution in [2.45, 2.75) is 24.5 Å². The molecule has 2 heterocycles. The molecule has 0 radical (unpaired) electrons. The van der Waals surface area contributed by atoms with Crippen LogP contribution in [0, 0.1) is 0 Å². The highest BCUT2D eigenvalue weighted by Gasteiger charge is 2.44. The van der Waals surface area contributed by atoms with Gasteiger partial charge in [-0.25, -0.2) is 0 Å². The van der Waals surface area contributed by atoms with E-state index in [2.05, 4.69) is 5.10 Å². The van der Waals surface area contributed by atoms with Gasteiger partial charge in [0.25, 0.3) is 5.56 Å². The SMILES string of the molecule is O=c1cc(O)c(Cl)nn1[C@@H]1O[C@H](CO)[C@@H](O)[C@H]1O. The number of ether oxygens (including phenoxy) is 1. The Balaban J connectivity index is 2.39. The Morgan fingerprint density at radius 2 is 2.11 bits per heavy atom. The third kappa shape index (κ3) is 2.08. The van der Waals surface area contributed by atoms with E-state index in [0.717, 1.165) is 6.07 Å². The molecule has 0 bridgehead atoms. The molecule has 1 aromatic heterocycles. The van der Waals surface area contributed by atoms with Crippen LogP contribution in [0.2, 0.25) is 5.15 Å². The molecular weight excluding hydrogens is 268 g/mol. The molecule has 1 saturated heterocycles. The van der Waals surface area contributed by atoms with Crippen LogP contribution in [0.25, 0.3) is 0 Å². The third-order valence-corrected chi connectivity index (χ3v) is 2.92. The van der Waals surface area contributed by atoms with Gasteiger partial charge in [0, 0.05) is 0 Å². The van der Waals surface area contributed by atoms with Gasteiger partial charge in [-0.05, 0) is 0 Å². The maximum absolute atomic E-state index is 11.6. The molecule has 0 aromatic carbocycles. The molecule has 1 fully saturated rings. The van der Waals surface area contributed by atoms with E-state index in [0.29, 0.717) is 4.68 Å². The van der Waals surface area contributed by atoms with Crippen LogP contribution >= 0.6 is 11.6 Å². The Bertz CT molecular complexity index is 506. The van der Waals surface area contributed by atoms with Crippen molar-refractivity contribution in [1.82, 2.24) is 9.78 Å². The molecule has 2 rings (SSSR count). The maximum atomic E-state index is 11.6. The Labute approximate surface area is 106 Å². The zero-order chi connectivity index (χ0) is 13.4. The molecule has 0 amide bonds. The summed E-state index contributed by atoms with van der Waals surface area (Å²) in [5, 5.41) is 40.6. The number of halogens is 1. The lowest BCUT2D eigenvalue weighted by Crippen LogP contribution is -2.36. The smallest absolute Gasteiger partial charge is 0.273 e. The van der Waals surface area contributed by atoms with Crippen LogP contribution in [0.3, 0.4) is 0 Å². The van der Waals surface area contributed by atoms with E-state index >= 15 is 0 Å². The molecule has 18 heavy (non-hydrogen) atoms. The van der Waals surface area contributed by atoms with E-state index in [9.17, 15) is 20.1 Å². The van der Waals surface area contributed by atoms with Gasteiger partial charge in [0.2, 0.25) is 0 Å². The molecule has 100 valence electrons. The van der Waals surface area contributed by atoms with Crippen molar-refractivity contribution in [2.24, 2.45) is 0 Å². The van der Waals surface area contributed by atoms with Crippen LogP contribution in [0.15, 0.2) is 10.9 Å². The number of hydrogen-bond donors (Lipinski definition) is 4. The van der Waals surface area contributed by atoms with Gasteiger partial charge in [0.15, 0.2) is 17.1 Å². The van der Waals surface area contributed by atoms with E-state index in [4.69, 9.17) is 21.4 Å². The maximum Gasteiger partial charge on any atom is 0.273 e. The average molecular weight is 279 g/mol. The normalized spacial score (nSPS) is 31.8. The summed E-state index contributed by atoms with van der Waals surface area (Å²) < 4.78 is 5.81. The predicted octanol–water partition coefficient (Wildman–Crippen LogP) is -1.79. The monoisotopic (exact) mass is 278 g/mol. The second kappa shape index (κ2) is 4.82. The summed E-state index contributed by atoms with van der Waals surface area (Å²) in [5.74, 6) is -0.496. The van der Waals surface area contributed by atoms with Gasteiger partial charge in [0.05, 0.1) is 12.7 Å². The van der Waals surface area contributed by atoms with Crippen molar-refractivity contribution >= 4 is 11.6 Å². The first-order chi connectivity index (χ1) is 8.45. The number of aliphatic hydroxyl groups excluding tert-OH is 3. The number of aliphatic hydroxyl groups is 3. The van der Waals surface area contributed by atoms with Crippen LogP contribution < -0.4 is 5.56 Å². The summed E-state index contributed by atoms with van der Waals surface area (Å²) in [4.78, 5) is 11.6. The summed E-state index contributed by atoms with van der Waals surface area (Å²) >= 11 is 5.55. The Morgan fingerprint density at radius 3 is 2.67 bits per heavy atom. The first kappa shape index (κ1) is 13.2. The molecule has 9 heteroatoms. The minimum Gasteiger partial charge on any atom is -0.505 e. The van der Waals surface area contributed by atoms with Crippen LogP contribution in [0.4, 0.5) is 0 Å². The summed E-state index contributed by atoms with van der Waals surface area (Å²) in [6, 6.07) is 0.810. The predicted molar refractivity (Wildman–Crippen MR) is 58.2 cm³/mol. The lowest BCUT2D eigenvalue weighted by Gasteiger charge is -2.16. The first-order valence-corrected chi connectivity index (χ1v) is 5.44. The van der Waals surface area contributed by atoms with Crippen molar-refractivity contribution in [3.8, 4) is 5.75 Å². The Kier molecular flexibility index (Phi) is 3.55. The van der Waals surface area contributed by atoms with Gasteiger partial charge in [-0.1, -0.05) is 11.6 Å². The molecule has 4 atom stereocenters. The fourth-order valence-electron chi connectivity index (χ4n) is 1.70. The average Bonchev–Trinajstić information content (AvgIpc) is 2.61. The van der Waals surface area contributed by atoms with Crippen molar-refractivity contribution < 1.29 is 25.2 Å².